The number of ether oxygens (including phenoxy) is 1. The van der Waals surface area contributed by atoms with Crippen molar-refractivity contribution in [3.63, 3.8) is 0 Å². The first-order valence-electron chi connectivity index (χ1n) is 6.15. The summed E-state index contributed by atoms with van der Waals surface area (Å²) in [5, 5.41) is 0. The van der Waals surface area contributed by atoms with E-state index >= 15 is 0 Å². The number of hydrogen-bond acceptors (Lipinski definition) is 3. The van der Waals surface area contributed by atoms with Gasteiger partial charge in [0.05, 0.1) is 12.0 Å². The van der Waals surface area contributed by atoms with E-state index in [1.165, 1.54) is 0 Å². The van der Waals surface area contributed by atoms with Crippen molar-refractivity contribution < 1.29 is 13.2 Å². The van der Waals surface area contributed by atoms with Crippen molar-refractivity contribution >= 4 is 10.0 Å². The molecule has 0 spiro atoms. The van der Waals surface area contributed by atoms with Crippen LogP contribution in [0.3, 0.4) is 0 Å². The van der Waals surface area contributed by atoms with Gasteiger partial charge in [-0.15, -0.1) is 0 Å². The molecule has 0 bridgehead atoms. The second-order valence-corrected chi connectivity index (χ2v) is 6.00. The molecule has 0 aliphatic carbocycles. The highest BCUT2D eigenvalue weighted by Gasteiger charge is 2.14. The van der Waals surface area contributed by atoms with Gasteiger partial charge in [0.2, 0.25) is 10.0 Å². The van der Waals surface area contributed by atoms with Crippen LogP contribution >= 0.6 is 0 Å². The second kappa shape index (κ2) is 6.75. The Morgan fingerprint density at radius 3 is 2.56 bits per heavy atom. The second-order valence-electron chi connectivity index (χ2n) is 4.24. The smallest absolute Gasteiger partial charge is 0.240 e. The molecule has 0 aliphatic rings. The molecular formula is C13H21NO3S. The zero-order chi connectivity index (χ0) is 13.6. The van der Waals surface area contributed by atoms with E-state index in [2.05, 4.69) is 11.6 Å². The van der Waals surface area contributed by atoms with Crippen molar-refractivity contribution in [2.24, 2.45) is 0 Å². The molecule has 18 heavy (non-hydrogen) atoms. The molecule has 0 amide bonds. The van der Waals surface area contributed by atoms with Gasteiger partial charge in [-0.3, -0.25) is 0 Å². The first-order valence-corrected chi connectivity index (χ1v) is 7.64. The van der Waals surface area contributed by atoms with E-state index < -0.39 is 10.0 Å². The number of unbranched alkanes of at least 4 members (excludes halogenated alkanes) is 2. The Kier molecular flexibility index (Phi) is 5.62. The van der Waals surface area contributed by atoms with Crippen molar-refractivity contribution in [3.05, 3.63) is 23.8 Å². The Bertz CT molecular complexity index is 483. The molecule has 4 nitrogen and oxygen atoms in total. The van der Waals surface area contributed by atoms with E-state index in [0.717, 1.165) is 24.8 Å². The summed E-state index contributed by atoms with van der Waals surface area (Å²) in [6.45, 7) is 4.40. The lowest BCUT2D eigenvalue weighted by Crippen LogP contribution is -2.24. The zero-order valence-corrected chi connectivity index (χ0v) is 12.0. The van der Waals surface area contributed by atoms with Crippen LogP contribution in [-0.4, -0.2) is 22.1 Å². The van der Waals surface area contributed by atoms with Crippen LogP contribution in [0.25, 0.3) is 0 Å². The van der Waals surface area contributed by atoms with Gasteiger partial charge >= 0.3 is 0 Å². The van der Waals surface area contributed by atoms with Gasteiger partial charge in [0.25, 0.3) is 0 Å². The Hall–Kier alpha value is -1.07. The Labute approximate surface area is 109 Å². The number of benzene rings is 1. The van der Waals surface area contributed by atoms with E-state index in [4.69, 9.17) is 4.74 Å². The topological polar surface area (TPSA) is 55.4 Å². The van der Waals surface area contributed by atoms with E-state index in [0.29, 0.717) is 12.3 Å². The predicted molar refractivity (Wildman–Crippen MR) is 72.4 cm³/mol. The maximum absolute atomic E-state index is 12.0. The highest BCUT2D eigenvalue weighted by molar-refractivity contribution is 7.89. The van der Waals surface area contributed by atoms with Gasteiger partial charge in [-0.2, -0.15) is 0 Å². The zero-order valence-electron chi connectivity index (χ0n) is 11.2. The average Bonchev–Trinajstić information content (AvgIpc) is 2.34. The molecule has 1 aromatic carbocycles. The van der Waals surface area contributed by atoms with Crippen molar-refractivity contribution in [2.75, 3.05) is 13.7 Å². The summed E-state index contributed by atoms with van der Waals surface area (Å²) in [6.07, 6.45) is 2.97. The van der Waals surface area contributed by atoms with E-state index in [1.807, 2.05) is 6.92 Å². The van der Waals surface area contributed by atoms with Crippen LogP contribution in [0.1, 0.15) is 31.7 Å². The summed E-state index contributed by atoms with van der Waals surface area (Å²) in [7, 11) is -1.82. The van der Waals surface area contributed by atoms with Crippen LogP contribution in [0.2, 0.25) is 0 Å². The summed E-state index contributed by atoms with van der Waals surface area (Å²) in [6, 6.07) is 4.87. The number of hydrogen-bond donors (Lipinski definition) is 1. The summed E-state index contributed by atoms with van der Waals surface area (Å²) in [4.78, 5) is 0.289. The van der Waals surface area contributed by atoms with Crippen LogP contribution < -0.4 is 9.46 Å². The predicted octanol–water partition coefficient (Wildman–Crippen LogP) is 2.47. The van der Waals surface area contributed by atoms with Gasteiger partial charge in [-0.25, -0.2) is 13.1 Å². The Balaban J connectivity index is 2.76. The van der Waals surface area contributed by atoms with Gasteiger partial charge < -0.3 is 4.74 Å². The molecule has 0 aromatic heterocycles. The number of nitrogens with one attached hydrogen (secondary N) is 1. The molecule has 0 saturated heterocycles. The quantitative estimate of drug-likeness (QED) is 0.775. The molecule has 0 atom stereocenters. The number of rotatable bonds is 7. The fourth-order valence-electron chi connectivity index (χ4n) is 1.68. The van der Waals surface area contributed by atoms with Gasteiger partial charge in [-0.1, -0.05) is 19.8 Å². The molecule has 0 saturated carbocycles. The molecular weight excluding hydrogens is 250 g/mol. The lowest BCUT2D eigenvalue weighted by molar-refractivity contribution is 0.411. The first-order chi connectivity index (χ1) is 8.51. The van der Waals surface area contributed by atoms with Crippen molar-refractivity contribution in [3.8, 4) is 5.75 Å². The standard InChI is InChI=1S/C13H21NO3S/c1-4-5-6-9-14-18(15,16)12-7-8-13(17-3)11(2)10-12/h7-8,10,14H,4-6,9H2,1-3H3. The molecule has 0 unspecified atom stereocenters. The third kappa shape index (κ3) is 3.99. The van der Waals surface area contributed by atoms with Gasteiger partial charge in [0, 0.05) is 6.54 Å². The Morgan fingerprint density at radius 1 is 1.28 bits per heavy atom. The molecule has 0 heterocycles. The third-order valence-corrected chi connectivity index (χ3v) is 4.21. The molecule has 0 aliphatic heterocycles. The third-order valence-electron chi connectivity index (χ3n) is 2.75. The van der Waals surface area contributed by atoms with Crippen molar-refractivity contribution in [2.45, 2.75) is 38.0 Å². The lowest BCUT2D eigenvalue weighted by atomic mass is 10.2. The summed E-state index contributed by atoms with van der Waals surface area (Å²) >= 11 is 0. The molecule has 0 radical (unpaired) electrons. The fourth-order valence-corrected chi connectivity index (χ4v) is 2.84. The van der Waals surface area contributed by atoms with E-state index in [-0.39, 0.29) is 4.90 Å². The number of aryl methyl sites for hydroxylation is 1. The number of sulfonamides is 1. The monoisotopic (exact) mass is 271 g/mol. The van der Waals surface area contributed by atoms with Gasteiger partial charge in [0.1, 0.15) is 5.75 Å². The average molecular weight is 271 g/mol. The summed E-state index contributed by atoms with van der Waals surface area (Å²) < 4.78 is 31.7. The fraction of sp³-hybridized carbons (Fsp3) is 0.538. The summed E-state index contributed by atoms with van der Waals surface area (Å²) in [5.74, 6) is 0.694. The largest absolute Gasteiger partial charge is 0.496 e. The maximum Gasteiger partial charge on any atom is 0.240 e. The normalized spacial score (nSPS) is 11.5. The minimum atomic E-state index is -3.39. The van der Waals surface area contributed by atoms with Crippen LogP contribution in [0.4, 0.5) is 0 Å². The van der Waals surface area contributed by atoms with Crippen molar-refractivity contribution in [1.29, 1.82) is 0 Å². The van der Waals surface area contributed by atoms with Crippen molar-refractivity contribution in [1.82, 2.24) is 4.72 Å². The lowest BCUT2D eigenvalue weighted by Gasteiger charge is -2.09. The molecule has 0 fully saturated rings. The Morgan fingerprint density at radius 2 is 2.00 bits per heavy atom. The molecule has 1 rings (SSSR count). The van der Waals surface area contributed by atoms with Crippen LogP contribution in [0, 0.1) is 6.92 Å². The molecule has 5 heteroatoms. The van der Waals surface area contributed by atoms with Crippen LogP contribution in [0.5, 0.6) is 5.75 Å². The van der Waals surface area contributed by atoms with Gasteiger partial charge in [0.15, 0.2) is 0 Å². The van der Waals surface area contributed by atoms with E-state index in [9.17, 15) is 8.42 Å². The SMILES string of the molecule is CCCCCNS(=O)(=O)c1ccc(OC)c(C)c1. The molecule has 102 valence electrons. The highest BCUT2D eigenvalue weighted by atomic mass is 32.2. The minimum Gasteiger partial charge on any atom is -0.496 e. The van der Waals surface area contributed by atoms with Gasteiger partial charge in [-0.05, 0) is 37.1 Å². The van der Waals surface area contributed by atoms with E-state index in [1.54, 1.807) is 25.3 Å². The summed E-state index contributed by atoms with van der Waals surface area (Å²) in [5.41, 5.74) is 0.814. The molecule has 1 N–H and O–H groups in total. The molecule has 1 aromatic rings. The highest BCUT2D eigenvalue weighted by Crippen LogP contribution is 2.21. The first kappa shape index (κ1) is 15.0. The van der Waals surface area contributed by atoms with Crippen LogP contribution in [-0.2, 0) is 10.0 Å². The number of methoxy groups -OCH3 is 1. The van der Waals surface area contributed by atoms with Crippen LogP contribution in [0.15, 0.2) is 23.1 Å². The maximum atomic E-state index is 12.0. The minimum absolute atomic E-state index is 0.289.